The molecule has 2 heterocycles. The summed E-state index contributed by atoms with van der Waals surface area (Å²) in [5.74, 6) is 0.321. The molecule has 3 rings (SSSR count). The van der Waals surface area contributed by atoms with Gasteiger partial charge in [-0.3, -0.25) is 14.5 Å². The van der Waals surface area contributed by atoms with Crippen LogP contribution in [0.5, 0.6) is 0 Å². The van der Waals surface area contributed by atoms with Crippen molar-refractivity contribution in [2.75, 3.05) is 62.7 Å². The Morgan fingerprint density at radius 3 is 2.58 bits per heavy atom. The number of amides is 2. The lowest BCUT2D eigenvalue weighted by atomic mass is 9.97. The smallest absolute Gasteiger partial charge is 0.253 e. The number of carbonyl (C=O) groups excluding carboxylic acids is 2. The van der Waals surface area contributed by atoms with Gasteiger partial charge < -0.3 is 20.3 Å². The molecular formula is C23H35ClN4O3. The minimum absolute atomic E-state index is 0.106. The van der Waals surface area contributed by atoms with E-state index in [2.05, 4.69) is 27.4 Å². The van der Waals surface area contributed by atoms with Crippen molar-refractivity contribution in [1.29, 1.82) is 0 Å². The molecule has 2 amide bonds. The second-order valence-corrected chi connectivity index (χ2v) is 9.22. The Morgan fingerprint density at radius 2 is 1.90 bits per heavy atom. The number of ether oxygens (including phenoxy) is 1. The van der Waals surface area contributed by atoms with E-state index in [9.17, 15) is 9.59 Å². The van der Waals surface area contributed by atoms with Gasteiger partial charge in [-0.1, -0.05) is 6.92 Å². The average molecular weight is 451 g/mol. The number of alkyl halides is 1. The summed E-state index contributed by atoms with van der Waals surface area (Å²) in [5.41, 5.74) is 2.11. The number of anilines is 2. The van der Waals surface area contributed by atoms with E-state index in [0.29, 0.717) is 23.7 Å². The van der Waals surface area contributed by atoms with Crippen LogP contribution >= 0.6 is 11.6 Å². The molecule has 8 heteroatoms. The quantitative estimate of drug-likeness (QED) is 0.470. The van der Waals surface area contributed by atoms with E-state index in [4.69, 9.17) is 16.3 Å². The van der Waals surface area contributed by atoms with Crippen LogP contribution in [0.4, 0.5) is 11.4 Å². The third-order valence-corrected chi connectivity index (χ3v) is 6.23. The lowest BCUT2D eigenvalue weighted by molar-refractivity contribution is -0.115. The molecule has 0 radical (unpaired) electrons. The number of hydrogen-bond acceptors (Lipinski definition) is 5. The van der Waals surface area contributed by atoms with E-state index in [-0.39, 0.29) is 11.8 Å². The van der Waals surface area contributed by atoms with E-state index in [1.807, 2.05) is 12.1 Å². The average Bonchev–Trinajstić information content (AvgIpc) is 2.78. The zero-order valence-corrected chi connectivity index (χ0v) is 19.4. The Hall–Kier alpha value is -1.83. The van der Waals surface area contributed by atoms with Gasteiger partial charge in [-0.05, 0) is 56.8 Å². The molecule has 1 atom stereocenters. The van der Waals surface area contributed by atoms with Gasteiger partial charge >= 0.3 is 0 Å². The van der Waals surface area contributed by atoms with Gasteiger partial charge in [-0.25, -0.2) is 0 Å². The summed E-state index contributed by atoms with van der Waals surface area (Å²) in [6.07, 6.45) is 3.12. The van der Waals surface area contributed by atoms with Crippen LogP contribution in [0.3, 0.4) is 0 Å². The van der Waals surface area contributed by atoms with Gasteiger partial charge in [0.1, 0.15) is 5.38 Å². The van der Waals surface area contributed by atoms with Crippen molar-refractivity contribution < 1.29 is 14.3 Å². The summed E-state index contributed by atoms with van der Waals surface area (Å²) in [5, 5.41) is 5.23. The summed E-state index contributed by atoms with van der Waals surface area (Å²) in [4.78, 5) is 29.7. The van der Waals surface area contributed by atoms with Crippen molar-refractivity contribution in [2.45, 2.75) is 38.5 Å². The zero-order valence-electron chi connectivity index (χ0n) is 18.7. The van der Waals surface area contributed by atoms with E-state index >= 15 is 0 Å². The maximum Gasteiger partial charge on any atom is 0.253 e. The number of piperidine rings is 1. The first kappa shape index (κ1) is 23.8. The second kappa shape index (κ2) is 11.7. The van der Waals surface area contributed by atoms with Gasteiger partial charge in [0, 0.05) is 44.1 Å². The zero-order chi connectivity index (χ0) is 22.2. The highest BCUT2D eigenvalue weighted by atomic mass is 35.5. The predicted octanol–water partition coefficient (Wildman–Crippen LogP) is 2.94. The largest absolute Gasteiger partial charge is 0.379 e. The van der Waals surface area contributed by atoms with Gasteiger partial charge in [0.05, 0.1) is 18.8 Å². The highest BCUT2D eigenvalue weighted by molar-refractivity contribution is 6.32. The minimum atomic E-state index is -0.638. The summed E-state index contributed by atoms with van der Waals surface area (Å²) >= 11 is 5.88. The second-order valence-electron chi connectivity index (χ2n) is 8.57. The fourth-order valence-corrected chi connectivity index (χ4v) is 4.04. The van der Waals surface area contributed by atoms with E-state index in [1.165, 1.54) is 0 Å². The molecule has 7 nitrogen and oxygen atoms in total. The van der Waals surface area contributed by atoms with E-state index in [1.54, 1.807) is 13.0 Å². The summed E-state index contributed by atoms with van der Waals surface area (Å²) in [6.45, 7) is 10.8. The maximum absolute atomic E-state index is 13.1. The van der Waals surface area contributed by atoms with Gasteiger partial charge in [0.25, 0.3) is 5.91 Å². The van der Waals surface area contributed by atoms with Gasteiger partial charge in [-0.2, -0.15) is 0 Å². The van der Waals surface area contributed by atoms with E-state index < -0.39 is 5.38 Å². The van der Waals surface area contributed by atoms with E-state index in [0.717, 1.165) is 70.9 Å². The highest BCUT2D eigenvalue weighted by Crippen LogP contribution is 2.29. The van der Waals surface area contributed by atoms with Crippen molar-refractivity contribution in [2.24, 2.45) is 5.92 Å². The molecule has 2 N–H and O–H groups in total. The van der Waals surface area contributed by atoms with Gasteiger partial charge in [0.15, 0.2) is 0 Å². The topological polar surface area (TPSA) is 73.9 Å². The highest BCUT2D eigenvalue weighted by Gasteiger charge is 2.22. The number of benzene rings is 1. The fraction of sp³-hybridized carbons (Fsp3) is 0.652. The molecule has 0 spiro atoms. The van der Waals surface area contributed by atoms with Gasteiger partial charge in [0.2, 0.25) is 5.91 Å². The molecule has 0 aliphatic carbocycles. The van der Waals surface area contributed by atoms with Crippen LogP contribution in [0.15, 0.2) is 18.2 Å². The summed E-state index contributed by atoms with van der Waals surface area (Å²) < 4.78 is 5.38. The normalized spacial score (nSPS) is 19.1. The molecule has 2 aliphatic rings. The number of hydrogen-bond donors (Lipinski definition) is 2. The molecular weight excluding hydrogens is 416 g/mol. The van der Waals surface area contributed by atoms with Crippen molar-refractivity contribution in [3.05, 3.63) is 23.8 Å². The van der Waals surface area contributed by atoms with Crippen LogP contribution in [0.2, 0.25) is 0 Å². The van der Waals surface area contributed by atoms with Crippen molar-refractivity contribution in [3.8, 4) is 0 Å². The Kier molecular flexibility index (Phi) is 8.99. The Morgan fingerprint density at radius 1 is 1.19 bits per heavy atom. The first-order valence-electron chi connectivity index (χ1n) is 11.4. The molecule has 1 unspecified atom stereocenters. The maximum atomic E-state index is 13.1. The molecule has 0 aromatic heterocycles. The molecule has 2 fully saturated rings. The van der Waals surface area contributed by atoms with Crippen LogP contribution in [0, 0.1) is 5.92 Å². The van der Waals surface area contributed by atoms with Crippen LogP contribution in [0.25, 0.3) is 0 Å². The van der Waals surface area contributed by atoms with Gasteiger partial charge in [-0.15, -0.1) is 11.6 Å². The minimum Gasteiger partial charge on any atom is -0.379 e. The van der Waals surface area contributed by atoms with Crippen LogP contribution in [-0.2, 0) is 9.53 Å². The molecule has 172 valence electrons. The monoisotopic (exact) mass is 450 g/mol. The first-order chi connectivity index (χ1) is 14.9. The molecule has 0 saturated carbocycles. The standard InChI is InChI=1S/C23H35ClN4O3/c1-17-6-10-28(11-7-17)21-5-4-19(26-22(29)18(2)24)16-20(21)23(30)25-8-3-9-27-12-14-31-15-13-27/h4-5,16-18H,3,6-15H2,1-2H3,(H,25,30)(H,26,29). The molecule has 1 aromatic rings. The van der Waals surface area contributed by atoms with Crippen molar-refractivity contribution in [1.82, 2.24) is 10.2 Å². The van der Waals surface area contributed by atoms with Crippen molar-refractivity contribution >= 4 is 34.8 Å². The number of halogens is 1. The lowest BCUT2D eigenvalue weighted by Gasteiger charge is -2.33. The first-order valence-corrected chi connectivity index (χ1v) is 11.8. The number of nitrogens with one attached hydrogen (secondary N) is 2. The molecule has 2 aliphatic heterocycles. The Labute approximate surface area is 190 Å². The Balaban J connectivity index is 1.66. The number of carbonyl (C=O) groups is 2. The molecule has 1 aromatic carbocycles. The molecule has 31 heavy (non-hydrogen) atoms. The molecule has 0 bridgehead atoms. The molecule has 2 saturated heterocycles. The van der Waals surface area contributed by atoms with Crippen LogP contribution in [-0.4, -0.2) is 74.6 Å². The van der Waals surface area contributed by atoms with Crippen LogP contribution in [0.1, 0.15) is 43.5 Å². The Bertz CT molecular complexity index is 744. The number of rotatable bonds is 8. The van der Waals surface area contributed by atoms with Crippen molar-refractivity contribution in [3.63, 3.8) is 0 Å². The third kappa shape index (κ3) is 7.09. The van der Waals surface area contributed by atoms with Crippen LogP contribution < -0.4 is 15.5 Å². The lowest BCUT2D eigenvalue weighted by Crippen LogP contribution is -2.38. The summed E-state index contributed by atoms with van der Waals surface area (Å²) in [7, 11) is 0. The fourth-order valence-electron chi connectivity index (χ4n) is 3.99. The number of morpholine rings is 1. The predicted molar refractivity (Wildman–Crippen MR) is 125 cm³/mol. The third-order valence-electron chi connectivity index (χ3n) is 6.03. The SMILES string of the molecule is CC1CCN(c2ccc(NC(=O)C(C)Cl)cc2C(=O)NCCCN2CCOCC2)CC1. The summed E-state index contributed by atoms with van der Waals surface area (Å²) in [6, 6.07) is 5.55. The number of nitrogens with zero attached hydrogens (tertiary/aromatic N) is 2.